The van der Waals surface area contributed by atoms with Crippen LogP contribution in [0.2, 0.25) is 0 Å². The van der Waals surface area contributed by atoms with E-state index in [1.165, 1.54) is 11.6 Å². The highest BCUT2D eigenvalue weighted by Gasteiger charge is 2.12. The Morgan fingerprint density at radius 3 is 2.80 bits per heavy atom. The molecule has 0 radical (unpaired) electrons. The molecule has 0 unspecified atom stereocenters. The fourth-order valence-electron chi connectivity index (χ4n) is 2.01. The van der Waals surface area contributed by atoms with Gasteiger partial charge in [-0.2, -0.15) is 11.3 Å². The van der Waals surface area contributed by atoms with E-state index in [0.29, 0.717) is 12.2 Å². The first-order valence-electron chi connectivity index (χ1n) is 6.03. The molecule has 1 heterocycles. The summed E-state index contributed by atoms with van der Waals surface area (Å²) in [5.74, 6) is 5.45. The predicted molar refractivity (Wildman–Crippen MR) is 80.4 cm³/mol. The SMILES string of the molecule is CN(Cc1ccsc1)Cc1cc([N+](=O)[O-])ccc1NN. The van der Waals surface area contributed by atoms with Gasteiger partial charge in [0, 0.05) is 25.2 Å². The molecule has 6 nitrogen and oxygen atoms in total. The van der Waals surface area contributed by atoms with Crippen LogP contribution in [-0.2, 0) is 13.1 Å². The molecule has 0 aliphatic heterocycles. The number of benzene rings is 1. The van der Waals surface area contributed by atoms with Gasteiger partial charge in [0.1, 0.15) is 0 Å². The van der Waals surface area contributed by atoms with E-state index in [1.807, 2.05) is 12.4 Å². The summed E-state index contributed by atoms with van der Waals surface area (Å²) >= 11 is 1.65. The molecule has 1 aromatic carbocycles. The van der Waals surface area contributed by atoms with Crippen molar-refractivity contribution in [1.82, 2.24) is 4.90 Å². The normalized spacial score (nSPS) is 10.8. The maximum atomic E-state index is 10.8. The third kappa shape index (κ3) is 3.53. The van der Waals surface area contributed by atoms with Gasteiger partial charge in [-0.25, -0.2) is 0 Å². The Labute approximate surface area is 120 Å². The van der Waals surface area contributed by atoms with Gasteiger partial charge in [-0.05, 0) is 41.1 Å². The molecule has 0 saturated heterocycles. The number of hydrogen-bond donors (Lipinski definition) is 2. The maximum absolute atomic E-state index is 10.8. The zero-order chi connectivity index (χ0) is 14.5. The van der Waals surface area contributed by atoms with Gasteiger partial charge in [0.15, 0.2) is 0 Å². The quantitative estimate of drug-likeness (QED) is 0.485. The summed E-state index contributed by atoms with van der Waals surface area (Å²) in [4.78, 5) is 12.5. The second-order valence-electron chi connectivity index (χ2n) is 4.55. The van der Waals surface area contributed by atoms with Crippen LogP contribution < -0.4 is 11.3 Å². The van der Waals surface area contributed by atoms with Gasteiger partial charge >= 0.3 is 0 Å². The molecule has 0 aliphatic carbocycles. The first-order chi connectivity index (χ1) is 9.60. The Bertz CT molecular complexity index is 586. The molecule has 2 rings (SSSR count). The van der Waals surface area contributed by atoms with Crippen LogP contribution in [0.25, 0.3) is 0 Å². The smallest absolute Gasteiger partial charge is 0.269 e. The van der Waals surface area contributed by atoms with Crippen LogP contribution in [0.4, 0.5) is 11.4 Å². The van der Waals surface area contributed by atoms with Gasteiger partial charge in [-0.15, -0.1) is 0 Å². The van der Waals surface area contributed by atoms with Crippen molar-refractivity contribution in [2.75, 3.05) is 12.5 Å². The van der Waals surface area contributed by atoms with Crippen LogP contribution >= 0.6 is 11.3 Å². The summed E-state index contributed by atoms with van der Waals surface area (Å²) in [7, 11) is 1.97. The number of nitro benzene ring substituents is 1. The van der Waals surface area contributed by atoms with Crippen molar-refractivity contribution in [1.29, 1.82) is 0 Å². The lowest BCUT2D eigenvalue weighted by atomic mass is 10.1. The first-order valence-corrected chi connectivity index (χ1v) is 6.98. The van der Waals surface area contributed by atoms with Crippen molar-refractivity contribution in [3.05, 3.63) is 56.3 Å². The topological polar surface area (TPSA) is 84.4 Å². The Hall–Kier alpha value is -1.96. The minimum atomic E-state index is -0.400. The van der Waals surface area contributed by atoms with Crippen LogP contribution in [-0.4, -0.2) is 16.9 Å². The van der Waals surface area contributed by atoms with Gasteiger partial charge in [-0.3, -0.25) is 20.9 Å². The van der Waals surface area contributed by atoms with Crippen molar-refractivity contribution in [3.63, 3.8) is 0 Å². The third-order valence-electron chi connectivity index (χ3n) is 2.93. The molecule has 1 aromatic heterocycles. The largest absolute Gasteiger partial charge is 0.324 e. The fourth-order valence-corrected chi connectivity index (χ4v) is 2.67. The van der Waals surface area contributed by atoms with Crippen molar-refractivity contribution in [2.45, 2.75) is 13.1 Å². The molecule has 0 fully saturated rings. The number of non-ortho nitro benzene ring substituents is 1. The number of nitro groups is 1. The van der Waals surface area contributed by atoms with Crippen LogP contribution in [0.1, 0.15) is 11.1 Å². The van der Waals surface area contributed by atoms with E-state index < -0.39 is 4.92 Å². The molecule has 0 atom stereocenters. The lowest BCUT2D eigenvalue weighted by Crippen LogP contribution is -2.19. The molecular formula is C13H16N4O2S. The van der Waals surface area contributed by atoms with Crippen LogP contribution in [0.3, 0.4) is 0 Å². The van der Waals surface area contributed by atoms with Gasteiger partial charge in [0.05, 0.1) is 10.6 Å². The molecular weight excluding hydrogens is 276 g/mol. The minimum Gasteiger partial charge on any atom is -0.324 e. The zero-order valence-corrected chi connectivity index (χ0v) is 11.9. The van der Waals surface area contributed by atoms with E-state index >= 15 is 0 Å². The van der Waals surface area contributed by atoms with E-state index in [0.717, 1.165) is 12.1 Å². The molecule has 20 heavy (non-hydrogen) atoms. The maximum Gasteiger partial charge on any atom is 0.269 e. The lowest BCUT2D eigenvalue weighted by Gasteiger charge is -2.18. The number of nitrogens with two attached hydrogens (primary N) is 1. The van der Waals surface area contributed by atoms with Crippen molar-refractivity contribution >= 4 is 22.7 Å². The van der Waals surface area contributed by atoms with E-state index in [-0.39, 0.29) is 5.69 Å². The van der Waals surface area contributed by atoms with E-state index in [4.69, 9.17) is 5.84 Å². The first kappa shape index (κ1) is 14.4. The number of anilines is 1. The fraction of sp³-hybridized carbons (Fsp3) is 0.231. The molecule has 106 valence electrons. The Kier molecular flexibility index (Phi) is 4.67. The Morgan fingerprint density at radius 2 is 2.20 bits per heavy atom. The van der Waals surface area contributed by atoms with Crippen LogP contribution in [0.5, 0.6) is 0 Å². The second-order valence-corrected chi connectivity index (χ2v) is 5.33. The summed E-state index contributed by atoms with van der Waals surface area (Å²) in [6.07, 6.45) is 0. The van der Waals surface area contributed by atoms with Crippen molar-refractivity contribution in [2.24, 2.45) is 5.84 Å². The average molecular weight is 292 g/mol. The standard InChI is InChI=1S/C13H16N4O2S/c1-16(7-10-4-5-20-9-10)8-11-6-12(17(18)19)2-3-13(11)15-14/h2-6,9,15H,7-8,14H2,1H3. The number of nitrogens with zero attached hydrogens (tertiary/aromatic N) is 2. The Morgan fingerprint density at radius 1 is 1.40 bits per heavy atom. The summed E-state index contributed by atoms with van der Waals surface area (Å²) in [5, 5.41) is 15.0. The minimum absolute atomic E-state index is 0.0722. The Balaban J connectivity index is 2.14. The molecule has 0 amide bonds. The lowest BCUT2D eigenvalue weighted by molar-refractivity contribution is -0.384. The van der Waals surface area contributed by atoms with E-state index in [2.05, 4.69) is 21.8 Å². The number of nitrogens with one attached hydrogen (secondary N) is 1. The predicted octanol–water partition coefficient (Wildman–Crippen LogP) is 2.57. The number of rotatable bonds is 6. The third-order valence-corrected chi connectivity index (χ3v) is 3.66. The van der Waals surface area contributed by atoms with Gasteiger partial charge < -0.3 is 5.43 Å². The molecule has 0 aliphatic rings. The summed E-state index contributed by atoms with van der Waals surface area (Å²) < 4.78 is 0. The molecule has 7 heteroatoms. The highest BCUT2D eigenvalue weighted by molar-refractivity contribution is 7.07. The summed E-state index contributed by atoms with van der Waals surface area (Å²) in [6.45, 7) is 1.37. The van der Waals surface area contributed by atoms with Gasteiger partial charge in [-0.1, -0.05) is 0 Å². The van der Waals surface area contributed by atoms with E-state index in [1.54, 1.807) is 23.5 Å². The number of hydrogen-bond acceptors (Lipinski definition) is 6. The number of hydrazine groups is 1. The highest BCUT2D eigenvalue weighted by Crippen LogP contribution is 2.23. The molecule has 0 spiro atoms. The monoisotopic (exact) mass is 292 g/mol. The molecule has 0 bridgehead atoms. The van der Waals surface area contributed by atoms with Crippen LogP contribution in [0, 0.1) is 10.1 Å². The van der Waals surface area contributed by atoms with Gasteiger partial charge in [0.2, 0.25) is 0 Å². The summed E-state index contributed by atoms with van der Waals surface area (Å²) in [6, 6.07) is 6.69. The van der Waals surface area contributed by atoms with E-state index in [9.17, 15) is 10.1 Å². The molecule has 3 N–H and O–H groups in total. The average Bonchev–Trinajstić information content (AvgIpc) is 2.91. The number of nitrogen functional groups attached to an aromatic ring is 1. The van der Waals surface area contributed by atoms with Crippen LogP contribution in [0.15, 0.2) is 35.0 Å². The zero-order valence-electron chi connectivity index (χ0n) is 11.1. The highest BCUT2D eigenvalue weighted by atomic mass is 32.1. The number of thiophene rings is 1. The second kappa shape index (κ2) is 6.47. The molecule has 0 saturated carbocycles. The summed E-state index contributed by atoms with van der Waals surface area (Å²) in [5.41, 5.74) is 5.38. The van der Waals surface area contributed by atoms with Crippen molar-refractivity contribution in [3.8, 4) is 0 Å². The van der Waals surface area contributed by atoms with Crippen molar-refractivity contribution < 1.29 is 4.92 Å². The molecule has 2 aromatic rings. The van der Waals surface area contributed by atoms with Gasteiger partial charge in [0.25, 0.3) is 5.69 Å².